The molecule has 0 aromatic rings. The minimum atomic E-state index is -4.96. The summed E-state index contributed by atoms with van der Waals surface area (Å²) in [6, 6.07) is 0. The molecule has 17 nitrogen and oxygen atoms in total. The number of phosphoric acid groups is 2. The van der Waals surface area contributed by atoms with E-state index < -0.39 is 97.5 Å². The van der Waals surface area contributed by atoms with Gasteiger partial charge in [0.25, 0.3) is 0 Å². The summed E-state index contributed by atoms with van der Waals surface area (Å²) in [6.45, 7) is 11.6. The number of allylic oxidation sites excluding steroid dienone is 4. The van der Waals surface area contributed by atoms with Crippen LogP contribution in [0.25, 0.3) is 0 Å². The van der Waals surface area contributed by atoms with Gasteiger partial charge in [-0.2, -0.15) is 0 Å². The maximum Gasteiger partial charge on any atom is 0.472 e. The number of unbranched alkanes of at least 4 members (excludes halogenated alkanes) is 29. The molecule has 0 rings (SSSR count). The summed E-state index contributed by atoms with van der Waals surface area (Å²) in [5, 5.41) is 10.6. The lowest BCUT2D eigenvalue weighted by molar-refractivity contribution is -0.161. The molecule has 0 aromatic heterocycles. The number of ether oxygens (including phenoxy) is 4. The number of carbonyl (C=O) groups excluding carboxylic acids is 4. The van der Waals surface area contributed by atoms with E-state index in [2.05, 4.69) is 72.8 Å². The number of hydrogen-bond donors (Lipinski definition) is 3. The highest BCUT2D eigenvalue weighted by molar-refractivity contribution is 7.47. The van der Waals surface area contributed by atoms with Crippen molar-refractivity contribution in [3.63, 3.8) is 0 Å². The third-order valence-corrected chi connectivity index (χ3v) is 16.9. The normalized spacial score (nSPS) is 14.4. The first-order valence-corrected chi connectivity index (χ1v) is 37.7. The zero-order valence-electron chi connectivity index (χ0n) is 56.0. The van der Waals surface area contributed by atoms with Gasteiger partial charge in [0.15, 0.2) is 12.2 Å². The molecule has 0 amide bonds. The minimum absolute atomic E-state index is 0.0833. The van der Waals surface area contributed by atoms with E-state index in [4.69, 9.17) is 37.0 Å². The van der Waals surface area contributed by atoms with Crippen molar-refractivity contribution in [3.8, 4) is 0 Å². The molecule has 87 heavy (non-hydrogen) atoms. The second kappa shape index (κ2) is 58.6. The first-order valence-electron chi connectivity index (χ1n) is 34.7. The summed E-state index contributed by atoms with van der Waals surface area (Å²) < 4.78 is 68.1. The summed E-state index contributed by atoms with van der Waals surface area (Å²) >= 11 is 0. The molecule has 0 heterocycles. The largest absolute Gasteiger partial charge is 0.472 e. The summed E-state index contributed by atoms with van der Waals surface area (Å²) in [5.74, 6) is -0.0376. The molecular weight excluding hydrogens is 1150 g/mol. The molecule has 2 unspecified atom stereocenters. The first kappa shape index (κ1) is 84.5. The maximum atomic E-state index is 13.0. The number of aliphatic hydroxyl groups is 1. The Labute approximate surface area is 529 Å². The molecule has 0 aromatic carbocycles. The van der Waals surface area contributed by atoms with Crippen molar-refractivity contribution in [1.82, 2.24) is 0 Å². The van der Waals surface area contributed by atoms with Crippen LogP contribution in [0.2, 0.25) is 0 Å². The lowest BCUT2D eigenvalue weighted by atomic mass is 10.0. The number of phosphoric ester groups is 2. The number of aliphatic hydroxyl groups excluding tert-OH is 1. The van der Waals surface area contributed by atoms with Crippen LogP contribution in [0, 0.1) is 17.8 Å². The summed E-state index contributed by atoms with van der Waals surface area (Å²) in [7, 11) is -9.91. The highest BCUT2D eigenvalue weighted by atomic mass is 31.2. The predicted octanol–water partition coefficient (Wildman–Crippen LogP) is 18.6. The average Bonchev–Trinajstić information content (AvgIpc) is 3.64. The molecule has 0 saturated carbocycles. The van der Waals surface area contributed by atoms with Crippen molar-refractivity contribution in [2.24, 2.45) is 17.8 Å². The molecule has 0 radical (unpaired) electrons. The molecule has 0 spiro atoms. The minimum Gasteiger partial charge on any atom is -0.462 e. The molecule has 3 N–H and O–H groups in total. The van der Waals surface area contributed by atoms with Crippen molar-refractivity contribution in [1.29, 1.82) is 0 Å². The number of esters is 4. The van der Waals surface area contributed by atoms with Gasteiger partial charge in [-0.3, -0.25) is 37.3 Å². The summed E-state index contributed by atoms with van der Waals surface area (Å²) in [4.78, 5) is 72.3. The van der Waals surface area contributed by atoms with Gasteiger partial charge < -0.3 is 33.8 Å². The standard InChI is InChI=1S/C68H128O17P2/c1-8-9-10-11-12-13-14-15-16-17-18-23-28-37-44-51-67(72)84-64(56-79-66(71)50-43-36-31-30-34-41-48-61(6)7)58-83-87(76,77)81-54-62(69)53-80-86(74,75)82-57-63(85-68(73)52-45-38-29-24-26-33-40-47-60(4)5)55-78-65(70)49-42-35-27-22-20-19-21-25-32-39-46-59(2)3/h13-16,59-64,69H,8-12,17-58H2,1-7H3,(H,74,75)(H,76,77)/b14-13-,16-15-/t62-,63-,64-/m1/s1. The lowest BCUT2D eigenvalue weighted by Gasteiger charge is -2.21. The summed E-state index contributed by atoms with van der Waals surface area (Å²) in [6.07, 6.45) is 44.2. The Kier molecular flexibility index (Phi) is 57.0. The van der Waals surface area contributed by atoms with Crippen LogP contribution >= 0.6 is 15.6 Å². The van der Waals surface area contributed by atoms with Crippen LogP contribution in [-0.4, -0.2) is 96.7 Å². The SMILES string of the molecule is CCCCCC/C=C\C=C/CCCCCCCC(=O)O[C@H](COC(=O)CCCCCCCCC(C)C)COP(=O)(O)OC[C@H](O)COP(=O)(O)OC[C@@H](COC(=O)CCCCCCCCCCCCC(C)C)OC(=O)CCCCCCCCCC(C)C. The highest BCUT2D eigenvalue weighted by Crippen LogP contribution is 2.45. The molecule has 512 valence electrons. The topological polar surface area (TPSA) is 237 Å². The third kappa shape index (κ3) is 62.1. The van der Waals surface area contributed by atoms with E-state index in [9.17, 15) is 43.2 Å². The van der Waals surface area contributed by atoms with Gasteiger partial charge in [0, 0.05) is 25.7 Å². The maximum absolute atomic E-state index is 13.0. The van der Waals surface area contributed by atoms with Gasteiger partial charge in [0.2, 0.25) is 0 Å². The van der Waals surface area contributed by atoms with Gasteiger partial charge in [-0.25, -0.2) is 9.13 Å². The molecule has 0 bridgehead atoms. The van der Waals surface area contributed by atoms with Crippen molar-refractivity contribution in [3.05, 3.63) is 24.3 Å². The fraction of sp³-hybridized carbons (Fsp3) is 0.882. The second-order valence-corrected chi connectivity index (χ2v) is 28.2. The molecule has 0 aliphatic heterocycles. The fourth-order valence-corrected chi connectivity index (χ4v) is 11.2. The van der Waals surface area contributed by atoms with Crippen LogP contribution < -0.4 is 0 Å². The van der Waals surface area contributed by atoms with Gasteiger partial charge in [-0.1, -0.05) is 259 Å². The lowest BCUT2D eigenvalue weighted by Crippen LogP contribution is -2.30. The van der Waals surface area contributed by atoms with E-state index in [1.807, 2.05) is 0 Å². The van der Waals surface area contributed by atoms with E-state index in [0.29, 0.717) is 37.5 Å². The monoisotopic (exact) mass is 1280 g/mol. The Hall–Kier alpha value is -2.46. The molecular formula is C68H128O17P2. The number of rotatable bonds is 64. The van der Waals surface area contributed by atoms with Gasteiger partial charge in [-0.05, 0) is 69.1 Å². The van der Waals surface area contributed by atoms with Gasteiger partial charge >= 0.3 is 39.5 Å². The molecule has 0 aliphatic carbocycles. The zero-order valence-corrected chi connectivity index (χ0v) is 57.7. The molecule has 19 heteroatoms. The van der Waals surface area contributed by atoms with E-state index in [0.717, 1.165) is 115 Å². The number of hydrogen-bond acceptors (Lipinski definition) is 15. The molecule has 0 aliphatic rings. The van der Waals surface area contributed by atoms with Crippen LogP contribution in [0.5, 0.6) is 0 Å². The third-order valence-electron chi connectivity index (χ3n) is 15.0. The van der Waals surface area contributed by atoms with E-state index in [1.54, 1.807) is 0 Å². The van der Waals surface area contributed by atoms with Crippen molar-refractivity contribution >= 4 is 39.5 Å². The fourth-order valence-electron chi connectivity index (χ4n) is 9.65. The molecule has 5 atom stereocenters. The van der Waals surface area contributed by atoms with E-state index in [-0.39, 0.29) is 25.7 Å². The van der Waals surface area contributed by atoms with E-state index >= 15 is 0 Å². The Bertz CT molecular complexity index is 1810. The predicted molar refractivity (Wildman–Crippen MR) is 349 cm³/mol. The Morgan fingerprint density at radius 1 is 0.356 bits per heavy atom. The van der Waals surface area contributed by atoms with Crippen molar-refractivity contribution in [2.45, 2.75) is 330 Å². The van der Waals surface area contributed by atoms with Crippen LogP contribution in [0.1, 0.15) is 312 Å². The number of carbonyl (C=O) groups is 4. The average molecular weight is 1280 g/mol. The second-order valence-electron chi connectivity index (χ2n) is 25.3. The van der Waals surface area contributed by atoms with Crippen LogP contribution in [0.4, 0.5) is 0 Å². The van der Waals surface area contributed by atoms with Gasteiger partial charge in [-0.15, -0.1) is 0 Å². The van der Waals surface area contributed by atoms with Gasteiger partial charge in [0.1, 0.15) is 19.3 Å². The Morgan fingerprint density at radius 3 is 0.931 bits per heavy atom. The van der Waals surface area contributed by atoms with Crippen molar-refractivity contribution < 1.29 is 80.2 Å². The first-order chi connectivity index (χ1) is 41.7. The molecule has 0 fully saturated rings. The van der Waals surface area contributed by atoms with E-state index in [1.165, 1.54) is 103 Å². The Morgan fingerprint density at radius 2 is 0.621 bits per heavy atom. The smallest absolute Gasteiger partial charge is 0.462 e. The van der Waals surface area contributed by atoms with Gasteiger partial charge in [0.05, 0.1) is 26.4 Å². The quantitative estimate of drug-likeness (QED) is 0.0169. The molecule has 0 saturated heterocycles. The van der Waals surface area contributed by atoms with Crippen molar-refractivity contribution in [2.75, 3.05) is 39.6 Å². The van der Waals surface area contributed by atoms with Crippen LogP contribution in [0.15, 0.2) is 24.3 Å². The Balaban J connectivity index is 5.26. The highest BCUT2D eigenvalue weighted by Gasteiger charge is 2.30. The van der Waals surface area contributed by atoms with Crippen LogP contribution in [-0.2, 0) is 65.4 Å². The summed E-state index contributed by atoms with van der Waals surface area (Å²) in [5.41, 5.74) is 0. The van der Waals surface area contributed by atoms with Crippen LogP contribution in [0.3, 0.4) is 0 Å². The zero-order chi connectivity index (χ0) is 64.5.